The van der Waals surface area contributed by atoms with Crippen LogP contribution in [-0.4, -0.2) is 36.4 Å². The van der Waals surface area contributed by atoms with Crippen molar-refractivity contribution >= 4 is 11.8 Å². The molecule has 36 heavy (non-hydrogen) atoms. The Hall–Kier alpha value is -3.60. The molecule has 0 aliphatic carbocycles. The number of hydrogen-bond donors (Lipinski definition) is 1. The van der Waals surface area contributed by atoms with Crippen LogP contribution < -0.4 is 10.1 Å². The van der Waals surface area contributed by atoms with Crippen molar-refractivity contribution in [2.75, 3.05) is 13.7 Å². The lowest BCUT2D eigenvalue weighted by Crippen LogP contribution is -2.49. The van der Waals surface area contributed by atoms with Gasteiger partial charge in [-0.1, -0.05) is 93.6 Å². The van der Waals surface area contributed by atoms with E-state index in [1.807, 2.05) is 67.6 Å². The molecule has 5 heteroatoms. The summed E-state index contributed by atoms with van der Waals surface area (Å²) in [4.78, 5) is 29.0. The molecule has 3 aromatic carbocycles. The van der Waals surface area contributed by atoms with Crippen molar-refractivity contribution in [2.24, 2.45) is 5.92 Å². The predicted molar refractivity (Wildman–Crippen MR) is 145 cm³/mol. The number of amides is 2. The lowest BCUT2D eigenvalue weighted by molar-refractivity contribution is -0.141. The molecule has 0 radical (unpaired) electrons. The van der Waals surface area contributed by atoms with Gasteiger partial charge in [-0.3, -0.25) is 9.59 Å². The van der Waals surface area contributed by atoms with Crippen LogP contribution >= 0.6 is 0 Å². The maximum atomic E-state index is 14.0. The van der Waals surface area contributed by atoms with E-state index in [4.69, 9.17) is 4.74 Å². The summed E-state index contributed by atoms with van der Waals surface area (Å²) >= 11 is 0. The summed E-state index contributed by atoms with van der Waals surface area (Å²) < 4.78 is 5.39. The minimum atomic E-state index is -0.561. The third-order valence-corrected chi connectivity index (χ3v) is 6.34. The van der Waals surface area contributed by atoms with Crippen molar-refractivity contribution in [3.63, 3.8) is 0 Å². The van der Waals surface area contributed by atoms with Gasteiger partial charge in [-0.05, 0) is 41.2 Å². The van der Waals surface area contributed by atoms with E-state index in [1.54, 1.807) is 12.0 Å². The summed E-state index contributed by atoms with van der Waals surface area (Å²) in [7, 11) is 1.63. The first-order chi connectivity index (χ1) is 17.4. The van der Waals surface area contributed by atoms with Crippen LogP contribution in [-0.2, 0) is 16.1 Å². The largest absolute Gasteiger partial charge is 0.497 e. The summed E-state index contributed by atoms with van der Waals surface area (Å²) in [5, 5.41) is 3.04. The topological polar surface area (TPSA) is 58.6 Å². The molecule has 0 fully saturated rings. The number of hydrogen-bond acceptors (Lipinski definition) is 3. The molecule has 0 bridgehead atoms. The number of nitrogens with one attached hydrogen (secondary N) is 1. The second kappa shape index (κ2) is 13.5. The molecular formula is C31H38N2O3. The van der Waals surface area contributed by atoms with Gasteiger partial charge in [0.05, 0.1) is 7.11 Å². The minimum Gasteiger partial charge on any atom is -0.497 e. The van der Waals surface area contributed by atoms with Crippen LogP contribution in [0.25, 0.3) is 0 Å². The molecule has 3 rings (SSSR count). The normalized spacial score (nSPS) is 11.8. The molecule has 0 heterocycles. The van der Waals surface area contributed by atoms with Gasteiger partial charge < -0.3 is 15.0 Å². The van der Waals surface area contributed by atoms with Crippen molar-refractivity contribution in [1.82, 2.24) is 10.2 Å². The van der Waals surface area contributed by atoms with Crippen molar-refractivity contribution in [3.8, 4) is 5.75 Å². The van der Waals surface area contributed by atoms with Gasteiger partial charge in [-0.25, -0.2) is 0 Å². The fourth-order valence-electron chi connectivity index (χ4n) is 4.40. The van der Waals surface area contributed by atoms with Gasteiger partial charge in [0.25, 0.3) is 0 Å². The van der Waals surface area contributed by atoms with Crippen LogP contribution in [0.4, 0.5) is 0 Å². The van der Waals surface area contributed by atoms with E-state index in [-0.39, 0.29) is 24.2 Å². The molecular weight excluding hydrogens is 448 g/mol. The van der Waals surface area contributed by atoms with E-state index in [0.717, 1.165) is 22.4 Å². The van der Waals surface area contributed by atoms with Crippen LogP contribution in [0.3, 0.4) is 0 Å². The molecule has 0 spiro atoms. The van der Waals surface area contributed by atoms with Gasteiger partial charge in [-0.15, -0.1) is 0 Å². The first-order valence-electron chi connectivity index (χ1n) is 12.7. The molecule has 0 saturated carbocycles. The summed E-state index contributed by atoms with van der Waals surface area (Å²) in [6.45, 7) is 6.99. The Morgan fingerprint density at radius 3 is 2.03 bits per heavy atom. The summed E-state index contributed by atoms with van der Waals surface area (Å²) in [5.74, 6) is 0.780. The Kier molecular flexibility index (Phi) is 10.1. The summed E-state index contributed by atoms with van der Waals surface area (Å²) in [6, 6.07) is 27.3. The predicted octanol–water partition coefficient (Wildman–Crippen LogP) is 5.80. The molecule has 5 nitrogen and oxygen atoms in total. The Morgan fingerprint density at radius 2 is 1.50 bits per heavy atom. The van der Waals surface area contributed by atoms with E-state index < -0.39 is 6.04 Å². The SMILES string of the molecule is CC[C@@H](C(=O)NCC(C)C)N(Cc1cccc(OC)c1)C(=O)CC(c1ccccc1)c1ccccc1. The molecule has 0 unspecified atom stereocenters. The highest BCUT2D eigenvalue weighted by Crippen LogP contribution is 2.30. The third-order valence-electron chi connectivity index (χ3n) is 6.34. The maximum absolute atomic E-state index is 14.0. The first-order valence-corrected chi connectivity index (χ1v) is 12.7. The van der Waals surface area contributed by atoms with Crippen molar-refractivity contribution in [2.45, 2.75) is 52.1 Å². The van der Waals surface area contributed by atoms with Crippen LogP contribution in [0.15, 0.2) is 84.9 Å². The number of ether oxygens (including phenoxy) is 1. The monoisotopic (exact) mass is 486 g/mol. The maximum Gasteiger partial charge on any atom is 0.242 e. The zero-order valence-corrected chi connectivity index (χ0v) is 21.8. The average Bonchev–Trinajstić information content (AvgIpc) is 2.91. The van der Waals surface area contributed by atoms with Gasteiger partial charge in [0.2, 0.25) is 11.8 Å². The van der Waals surface area contributed by atoms with E-state index in [1.165, 1.54) is 0 Å². The van der Waals surface area contributed by atoms with Gasteiger partial charge in [0.15, 0.2) is 0 Å². The highest BCUT2D eigenvalue weighted by Gasteiger charge is 2.31. The molecule has 0 saturated heterocycles. The fourth-order valence-corrected chi connectivity index (χ4v) is 4.40. The first kappa shape index (κ1) is 27.0. The Balaban J connectivity index is 1.94. The third kappa shape index (κ3) is 7.45. The van der Waals surface area contributed by atoms with Gasteiger partial charge >= 0.3 is 0 Å². The summed E-state index contributed by atoms with van der Waals surface area (Å²) in [6.07, 6.45) is 0.799. The molecule has 190 valence electrons. The number of benzene rings is 3. The second-order valence-corrected chi connectivity index (χ2v) is 9.51. The van der Waals surface area contributed by atoms with Gasteiger partial charge in [-0.2, -0.15) is 0 Å². The number of methoxy groups -OCH3 is 1. The molecule has 1 atom stereocenters. The minimum absolute atomic E-state index is 0.0536. The van der Waals surface area contributed by atoms with E-state index in [2.05, 4.69) is 43.4 Å². The molecule has 0 aliphatic heterocycles. The number of rotatable bonds is 12. The number of carbonyl (C=O) groups excluding carboxylic acids is 2. The fraction of sp³-hybridized carbons (Fsp3) is 0.355. The quantitative estimate of drug-likeness (QED) is 0.352. The number of carbonyl (C=O) groups is 2. The smallest absolute Gasteiger partial charge is 0.242 e. The Morgan fingerprint density at radius 1 is 0.889 bits per heavy atom. The highest BCUT2D eigenvalue weighted by atomic mass is 16.5. The van der Waals surface area contributed by atoms with Gasteiger partial charge in [0, 0.05) is 25.4 Å². The van der Waals surface area contributed by atoms with E-state index in [0.29, 0.717) is 25.4 Å². The highest BCUT2D eigenvalue weighted by molar-refractivity contribution is 5.88. The van der Waals surface area contributed by atoms with Crippen molar-refractivity contribution < 1.29 is 14.3 Å². The molecule has 3 aromatic rings. The van der Waals surface area contributed by atoms with Crippen LogP contribution in [0, 0.1) is 5.92 Å². The molecule has 2 amide bonds. The lowest BCUT2D eigenvalue weighted by atomic mass is 9.88. The standard InChI is InChI=1S/C31H38N2O3/c1-5-29(31(35)32-21-23(2)3)33(22-24-13-12-18-27(19-24)36-4)30(34)20-28(25-14-8-6-9-15-25)26-16-10-7-11-17-26/h6-19,23,28-29H,5,20-22H2,1-4H3,(H,32,35)/t29-/m0/s1. The van der Waals surface area contributed by atoms with Crippen LogP contribution in [0.1, 0.15) is 56.2 Å². The zero-order valence-electron chi connectivity index (χ0n) is 21.8. The second-order valence-electron chi connectivity index (χ2n) is 9.51. The zero-order chi connectivity index (χ0) is 25.9. The molecule has 1 N–H and O–H groups in total. The van der Waals surface area contributed by atoms with Crippen molar-refractivity contribution in [3.05, 3.63) is 102 Å². The molecule has 0 aromatic heterocycles. The Bertz CT molecular complexity index is 1060. The average molecular weight is 487 g/mol. The summed E-state index contributed by atoms with van der Waals surface area (Å²) in [5.41, 5.74) is 3.08. The van der Waals surface area contributed by atoms with Crippen LogP contribution in [0.5, 0.6) is 5.75 Å². The van der Waals surface area contributed by atoms with Crippen molar-refractivity contribution in [1.29, 1.82) is 0 Å². The lowest BCUT2D eigenvalue weighted by Gasteiger charge is -2.32. The van der Waals surface area contributed by atoms with E-state index in [9.17, 15) is 9.59 Å². The van der Waals surface area contributed by atoms with Gasteiger partial charge in [0.1, 0.15) is 11.8 Å². The molecule has 0 aliphatic rings. The van der Waals surface area contributed by atoms with Crippen LogP contribution in [0.2, 0.25) is 0 Å². The van der Waals surface area contributed by atoms with E-state index >= 15 is 0 Å². The Labute approximate surface area is 215 Å². The number of nitrogens with zero attached hydrogens (tertiary/aromatic N) is 1.